The third kappa shape index (κ3) is 4.17. The maximum absolute atomic E-state index is 12.9. The Morgan fingerprint density at radius 2 is 1.71 bits per heavy atom. The lowest BCUT2D eigenvalue weighted by Crippen LogP contribution is -3.11. The number of nitrogens with one attached hydrogen (secondary N) is 1. The summed E-state index contributed by atoms with van der Waals surface area (Å²) >= 11 is 1.62. The van der Waals surface area contributed by atoms with Gasteiger partial charge in [0.1, 0.15) is 16.2 Å². The van der Waals surface area contributed by atoms with E-state index in [0.29, 0.717) is 17.0 Å². The molecule has 0 bridgehead atoms. The van der Waals surface area contributed by atoms with Gasteiger partial charge in [-0.05, 0) is 26.7 Å². The van der Waals surface area contributed by atoms with Crippen molar-refractivity contribution >= 4 is 22.8 Å². The summed E-state index contributed by atoms with van der Waals surface area (Å²) in [6.07, 6.45) is 5.80. The van der Waals surface area contributed by atoms with E-state index in [2.05, 4.69) is 13.8 Å². The molecule has 28 heavy (non-hydrogen) atoms. The number of hydrogen-bond donors (Lipinski definition) is 1. The van der Waals surface area contributed by atoms with Crippen LogP contribution in [0.4, 0.5) is 0 Å². The number of aromatic nitrogens is 4. The van der Waals surface area contributed by atoms with Crippen LogP contribution in [0.25, 0.3) is 11.0 Å². The Hall–Kier alpha value is -1.67. The summed E-state index contributed by atoms with van der Waals surface area (Å²) in [6.45, 7) is 7.58. The number of hydrogen-bond acceptors (Lipinski definition) is 5. The number of fused-ring (bicyclic) bond motifs is 1. The number of thioether (sulfide) groups is 1. The van der Waals surface area contributed by atoms with Gasteiger partial charge < -0.3 is 4.90 Å². The second-order valence-electron chi connectivity index (χ2n) is 7.68. The van der Waals surface area contributed by atoms with E-state index in [0.717, 1.165) is 53.6 Å². The Balaban J connectivity index is 2.07. The molecular formula is C20H32N5O2S+. The van der Waals surface area contributed by atoms with Gasteiger partial charge in [0.2, 0.25) is 0 Å². The van der Waals surface area contributed by atoms with Crippen molar-refractivity contribution in [1.82, 2.24) is 19.1 Å². The first-order chi connectivity index (χ1) is 13.5. The number of rotatable bonds is 7. The van der Waals surface area contributed by atoms with Gasteiger partial charge in [0.25, 0.3) is 5.56 Å². The topological polar surface area (TPSA) is 74.2 Å². The average Bonchev–Trinajstić information content (AvgIpc) is 2.73. The minimum atomic E-state index is -0.339. The molecule has 2 aromatic rings. The predicted octanol–water partition coefficient (Wildman–Crippen LogP) is 1.09. The summed E-state index contributed by atoms with van der Waals surface area (Å²) in [6, 6.07) is 0. The molecule has 154 valence electrons. The zero-order valence-corrected chi connectivity index (χ0v) is 18.3. The fourth-order valence-electron chi connectivity index (χ4n) is 3.99. The molecule has 8 heteroatoms. The number of aryl methyl sites for hydroxylation is 1. The molecule has 1 fully saturated rings. The Bertz CT molecular complexity index is 942. The van der Waals surface area contributed by atoms with Crippen molar-refractivity contribution in [2.75, 3.05) is 25.4 Å². The van der Waals surface area contributed by atoms with Gasteiger partial charge >= 0.3 is 5.69 Å². The van der Waals surface area contributed by atoms with Crippen molar-refractivity contribution in [2.24, 2.45) is 14.1 Å². The SMILES string of the molecule is CC[NH+](CC)CCSc1nc(C2CCCCC2)nc2c1c(=O)n(C)c(=O)n2C. The fourth-order valence-corrected chi connectivity index (χ4v) is 5.05. The van der Waals surface area contributed by atoms with E-state index in [9.17, 15) is 9.59 Å². The molecule has 3 rings (SSSR count). The Labute approximate surface area is 170 Å². The number of quaternary nitrogens is 1. The van der Waals surface area contributed by atoms with Gasteiger partial charge in [0, 0.05) is 25.8 Å². The minimum absolute atomic E-state index is 0.300. The first-order valence-corrected chi connectivity index (χ1v) is 11.4. The van der Waals surface area contributed by atoms with Crippen LogP contribution < -0.4 is 16.1 Å². The molecule has 2 heterocycles. The minimum Gasteiger partial charge on any atom is -0.335 e. The highest BCUT2D eigenvalue weighted by molar-refractivity contribution is 7.99. The Morgan fingerprint density at radius 1 is 1.04 bits per heavy atom. The quantitative estimate of drug-likeness (QED) is 0.550. The molecular weight excluding hydrogens is 374 g/mol. The molecule has 0 spiro atoms. The smallest absolute Gasteiger partial charge is 0.332 e. The third-order valence-electron chi connectivity index (χ3n) is 5.95. The highest BCUT2D eigenvalue weighted by atomic mass is 32.2. The molecule has 1 aliphatic rings. The van der Waals surface area contributed by atoms with Crippen LogP contribution in [0, 0.1) is 0 Å². The van der Waals surface area contributed by atoms with Gasteiger partial charge in [-0.2, -0.15) is 0 Å². The Kier molecular flexibility index (Phi) is 6.93. The summed E-state index contributed by atoms with van der Waals surface area (Å²) < 4.78 is 2.65. The highest BCUT2D eigenvalue weighted by Gasteiger charge is 2.23. The van der Waals surface area contributed by atoms with Gasteiger partial charge in [0.05, 0.1) is 19.6 Å². The lowest BCUT2D eigenvalue weighted by Gasteiger charge is -2.21. The van der Waals surface area contributed by atoms with Crippen LogP contribution in [0.2, 0.25) is 0 Å². The molecule has 0 atom stereocenters. The summed E-state index contributed by atoms with van der Waals surface area (Å²) in [4.78, 5) is 36.4. The molecule has 0 radical (unpaired) electrons. The monoisotopic (exact) mass is 406 g/mol. The fraction of sp³-hybridized carbons (Fsp3) is 0.700. The van der Waals surface area contributed by atoms with E-state index < -0.39 is 0 Å². The van der Waals surface area contributed by atoms with E-state index >= 15 is 0 Å². The second kappa shape index (κ2) is 9.22. The predicted molar refractivity (Wildman–Crippen MR) is 113 cm³/mol. The van der Waals surface area contributed by atoms with Crippen molar-refractivity contribution in [3.05, 3.63) is 26.7 Å². The lowest BCUT2D eigenvalue weighted by molar-refractivity contribution is -0.893. The molecule has 7 nitrogen and oxygen atoms in total. The molecule has 0 aromatic carbocycles. The van der Waals surface area contributed by atoms with Crippen LogP contribution in [0.15, 0.2) is 14.6 Å². The summed E-state index contributed by atoms with van der Waals surface area (Å²) in [5.74, 6) is 2.01. The van der Waals surface area contributed by atoms with Crippen molar-refractivity contribution in [3.8, 4) is 0 Å². The van der Waals surface area contributed by atoms with E-state index in [4.69, 9.17) is 9.97 Å². The first-order valence-electron chi connectivity index (χ1n) is 10.4. The molecule has 1 N–H and O–H groups in total. The van der Waals surface area contributed by atoms with E-state index in [-0.39, 0.29) is 11.2 Å². The van der Waals surface area contributed by atoms with Crippen molar-refractivity contribution in [3.63, 3.8) is 0 Å². The molecule has 1 aliphatic carbocycles. The van der Waals surface area contributed by atoms with Gasteiger partial charge in [-0.15, -0.1) is 0 Å². The van der Waals surface area contributed by atoms with Gasteiger partial charge in [-0.3, -0.25) is 13.9 Å². The van der Waals surface area contributed by atoms with Crippen LogP contribution in [0.5, 0.6) is 0 Å². The third-order valence-corrected chi connectivity index (χ3v) is 6.93. The largest absolute Gasteiger partial charge is 0.335 e. The lowest BCUT2D eigenvalue weighted by atomic mass is 9.89. The van der Waals surface area contributed by atoms with E-state index in [1.165, 1.54) is 35.8 Å². The average molecular weight is 407 g/mol. The van der Waals surface area contributed by atoms with Gasteiger partial charge in [-0.1, -0.05) is 31.0 Å². The van der Waals surface area contributed by atoms with Crippen LogP contribution in [0.1, 0.15) is 57.7 Å². The molecule has 0 unspecified atom stereocenters. The molecule has 0 amide bonds. The molecule has 0 saturated heterocycles. The molecule has 2 aromatic heterocycles. The molecule has 0 aliphatic heterocycles. The summed E-state index contributed by atoms with van der Waals surface area (Å²) in [7, 11) is 3.21. The maximum atomic E-state index is 12.9. The highest BCUT2D eigenvalue weighted by Crippen LogP contribution is 2.32. The van der Waals surface area contributed by atoms with Crippen molar-refractivity contribution in [1.29, 1.82) is 0 Å². The zero-order valence-electron chi connectivity index (χ0n) is 17.5. The van der Waals surface area contributed by atoms with Crippen molar-refractivity contribution in [2.45, 2.75) is 56.9 Å². The summed E-state index contributed by atoms with van der Waals surface area (Å²) in [5.41, 5.74) is -0.165. The second-order valence-corrected chi connectivity index (χ2v) is 8.77. The van der Waals surface area contributed by atoms with Crippen LogP contribution >= 0.6 is 11.8 Å². The van der Waals surface area contributed by atoms with Crippen LogP contribution in [-0.2, 0) is 14.1 Å². The Morgan fingerprint density at radius 3 is 2.36 bits per heavy atom. The standard InChI is InChI=1S/C20H31N5O2S/c1-5-25(6-2)12-13-28-18-15-17(23(3)20(27)24(4)19(15)26)21-16(22-18)14-10-8-7-9-11-14/h14H,5-13H2,1-4H3/p+1. The van der Waals surface area contributed by atoms with Gasteiger partial charge in [-0.25, -0.2) is 14.8 Å². The van der Waals surface area contributed by atoms with Crippen LogP contribution in [0.3, 0.4) is 0 Å². The normalized spacial score (nSPS) is 15.6. The zero-order chi connectivity index (χ0) is 20.3. The van der Waals surface area contributed by atoms with Crippen LogP contribution in [-0.4, -0.2) is 44.5 Å². The maximum Gasteiger partial charge on any atom is 0.332 e. The molecule has 1 saturated carbocycles. The first kappa shape index (κ1) is 21.0. The number of nitrogens with zero attached hydrogens (tertiary/aromatic N) is 4. The summed E-state index contributed by atoms with van der Waals surface area (Å²) in [5, 5.41) is 1.21. The van der Waals surface area contributed by atoms with Crippen molar-refractivity contribution < 1.29 is 4.90 Å². The van der Waals surface area contributed by atoms with E-state index in [1.807, 2.05) is 0 Å². The van der Waals surface area contributed by atoms with E-state index in [1.54, 1.807) is 18.8 Å². The van der Waals surface area contributed by atoms with Gasteiger partial charge in [0.15, 0.2) is 5.65 Å².